The number of rotatable bonds is 4. The van der Waals surface area contributed by atoms with E-state index in [2.05, 4.69) is 5.32 Å². The number of hydrogen-bond acceptors (Lipinski definition) is 2. The molecule has 1 fully saturated rings. The fraction of sp³-hybridized carbons (Fsp3) is 0.381. The van der Waals surface area contributed by atoms with Crippen molar-refractivity contribution in [3.63, 3.8) is 0 Å². The van der Waals surface area contributed by atoms with Crippen molar-refractivity contribution in [3.05, 3.63) is 59.0 Å². The van der Waals surface area contributed by atoms with Gasteiger partial charge in [-0.2, -0.15) is 0 Å². The molecule has 0 spiro atoms. The number of amides is 1. The Morgan fingerprint density at radius 2 is 1.93 bits per heavy atom. The van der Waals surface area contributed by atoms with Crippen LogP contribution in [0.4, 0.5) is 8.78 Å². The molecule has 0 atom stereocenters. The van der Waals surface area contributed by atoms with Crippen LogP contribution in [0.25, 0.3) is 11.1 Å². The van der Waals surface area contributed by atoms with Crippen LogP contribution in [0.3, 0.4) is 0 Å². The first-order chi connectivity index (χ1) is 13.0. The molecule has 3 aromatic rings. The van der Waals surface area contributed by atoms with E-state index in [0.717, 1.165) is 49.1 Å². The summed E-state index contributed by atoms with van der Waals surface area (Å²) in [6.07, 6.45) is 5.45. The van der Waals surface area contributed by atoms with Crippen LogP contribution < -0.4 is 5.32 Å². The van der Waals surface area contributed by atoms with Crippen molar-refractivity contribution < 1.29 is 18.0 Å². The molecule has 0 unspecified atom stereocenters. The van der Waals surface area contributed by atoms with Gasteiger partial charge in [-0.1, -0.05) is 25.3 Å². The van der Waals surface area contributed by atoms with Crippen LogP contribution in [0.1, 0.15) is 53.9 Å². The van der Waals surface area contributed by atoms with E-state index in [1.54, 1.807) is 10.6 Å². The standard InChI is InChI=1S/C21H22F2N2O2/c1-13-9-18-20(27-13)11-19(21(26)24-15-5-3-2-4-6-15)25(18)12-14-7-8-16(22)17(23)10-14/h7-11,15H,2-6,12H2,1H3,(H,24,26). The molecule has 2 heterocycles. The number of aromatic nitrogens is 1. The van der Waals surface area contributed by atoms with Gasteiger partial charge in [-0.25, -0.2) is 8.78 Å². The van der Waals surface area contributed by atoms with Gasteiger partial charge >= 0.3 is 0 Å². The van der Waals surface area contributed by atoms with Gasteiger partial charge in [-0.05, 0) is 37.5 Å². The van der Waals surface area contributed by atoms with Crippen molar-refractivity contribution >= 4 is 17.0 Å². The quantitative estimate of drug-likeness (QED) is 0.706. The molecule has 2 aromatic heterocycles. The molecule has 142 valence electrons. The number of fused-ring (bicyclic) bond motifs is 1. The number of halogens is 2. The number of carbonyl (C=O) groups is 1. The smallest absolute Gasteiger partial charge is 0.268 e. The minimum absolute atomic E-state index is 0.159. The van der Waals surface area contributed by atoms with Crippen molar-refractivity contribution in [1.82, 2.24) is 9.88 Å². The van der Waals surface area contributed by atoms with E-state index < -0.39 is 11.6 Å². The van der Waals surface area contributed by atoms with Crippen LogP contribution in [-0.4, -0.2) is 16.5 Å². The van der Waals surface area contributed by atoms with Crippen LogP contribution in [0.15, 0.2) is 34.7 Å². The minimum Gasteiger partial charge on any atom is -0.460 e. The zero-order valence-corrected chi connectivity index (χ0v) is 15.2. The third kappa shape index (κ3) is 3.61. The zero-order chi connectivity index (χ0) is 19.0. The Morgan fingerprint density at radius 1 is 1.15 bits per heavy atom. The lowest BCUT2D eigenvalue weighted by atomic mass is 9.95. The Morgan fingerprint density at radius 3 is 2.67 bits per heavy atom. The number of furan rings is 1. The van der Waals surface area contributed by atoms with Gasteiger partial charge in [0.1, 0.15) is 11.5 Å². The fourth-order valence-electron chi connectivity index (χ4n) is 3.85. The molecular formula is C21H22F2N2O2. The molecule has 6 heteroatoms. The molecule has 4 rings (SSSR count). The van der Waals surface area contributed by atoms with Crippen molar-refractivity contribution in [2.24, 2.45) is 0 Å². The number of benzene rings is 1. The Hall–Kier alpha value is -2.63. The summed E-state index contributed by atoms with van der Waals surface area (Å²) in [4.78, 5) is 12.9. The summed E-state index contributed by atoms with van der Waals surface area (Å²) in [5.41, 5.74) is 2.44. The first kappa shape index (κ1) is 17.8. The van der Waals surface area contributed by atoms with Gasteiger partial charge < -0.3 is 14.3 Å². The lowest BCUT2D eigenvalue weighted by Crippen LogP contribution is -2.37. The topological polar surface area (TPSA) is 47.2 Å². The van der Waals surface area contributed by atoms with E-state index >= 15 is 0 Å². The molecule has 1 aromatic carbocycles. The molecule has 1 aliphatic rings. The SMILES string of the molecule is Cc1cc2c(cc(C(=O)NC3CCCCC3)n2Cc2ccc(F)c(F)c2)o1. The number of nitrogens with one attached hydrogen (secondary N) is 1. The first-order valence-corrected chi connectivity index (χ1v) is 9.36. The maximum atomic E-state index is 13.6. The minimum atomic E-state index is -0.896. The Balaban J connectivity index is 1.67. The second-order valence-corrected chi connectivity index (χ2v) is 7.28. The van der Waals surface area contributed by atoms with Crippen molar-refractivity contribution in [2.45, 2.75) is 51.6 Å². The van der Waals surface area contributed by atoms with E-state index in [9.17, 15) is 13.6 Å². The van der Waals surface area contributed by atoms with Crippen molar-refractivity contribution in [1.29, 1.82) is 0 Å². The molecule has 0 aliphatic heterocycles. The fourth-order valence-corrected chi connectivity index (χ4v) is 3.85. The molecule has 27 heavy (non-hydrogen) atoms. The van der Waals surface area contributed by atoms with Crippen LogP contribution in [0, 0.1) is 18.6 Å². The van der Waals surface area contributed by atoms with E-state index in [1.807, 2.05) is 13.0 Å². The molecule has 0 saturated heterocycles. The third-order valence-corrected chi connectivity index (χ3v) is 5.21. The maximum Gasteiger partial charge on any atom is 0.268 e. The average Bonchev–Trinajstić information content (AvgIpc) is 3.16. The number of aryl methyl sites for hydroxylation is 1. The monoisotopic (exact) mass is 372 g/mol. The van der Waals surface area contributed by atoms with E-state index in [0.29, 0.717) is 16.8 Å². The number of carbonyl (C=O) groups excluding carboxylic acids is 1. The highest BCUT2D eigenvalue weighted by Crippen LogP contribution is 2.26. The molecule has 1 saturated carbocycles. The van der Waals surface area contributed by atoms with Gasteiger partial charge in [0.15, 0.2) is 17.2 Å². The predicted octanol–water partition coefficient (Wildman–Crippen LogP) is 4.93. The third-order valence-electron chi connectivity index (χ3n) is 5.21. The summed E-state index contributed by atoms with van der Waals surface area (Å²) >= 11 is 0. The second-order valence-electron chi connectivity index (χ2n) is 7.28. The highest BCUT2D eigenvalue weighted by Gasteiger charge is 2.22. The van der Waals surface area contributed by atoms with Gasteiger partial charge in [0.2, 0.25) is 0 Å². The van der Waals surface area contributed by atoms with Crippen LogP contribution in [-0.2, 0) is 6.54 Å². The van der Waals surface area contributed by atoms with E-state index in [4.69, 9.17) is 4.42 Å². The summed E-state index contributed by atoms with van der Waals surface area (Å²) in [6, 6.07) is 7.56. The summed E-state index contributed by atoms with van der Waals surface area (Å²) in [7, 11) is 0. The molecule has 0 bridgehead atoms. The Labute approximate surface area is 156 Å². The molecule has 1 N–H and O–H groups in total. The molecule has 4 nitrogen and oxygen atoms in total. The van der Waals surface area contributed by atoms with Crippen molar-refractivity contribution in [2.75, 3.05) is 0 Å². The van der Waals surface area contributed by atoms with Gasteiger partial charge in [0.05, 0.1) is 5.52 Å². The zero-order valence-electron chi connectivity index (χ0n) is 15.2. The lowest BCUT2D eigenvalue weighted by Gasteiger charge is -2.23. The highest BCUT2D eigenvalue weighted by molar-refractivity contribution is 5.97. The second kappa shape index (κ2) is 7.18. The largest absolute Gasteiger partial charge is 0.460 e. The van der Waals surface area contributed by atoms with Gasteiger partial charge in [-0.3, -0.25) is 4.79 Å². The van der Waals surface area contributed by atoms with Crippen LogP contribution >= 0.6 is 0 Å². The predicted molar refractivity (Wildman–Crippen MR) is 98.7 cm³/mol. The van der Waals surface area contributed by atoms with Gasteiger partial charge in [0.25, 0.3) is 5.91 Å². The average molecular weight is 372 g/mol. The van der Waals surface area contributed by atoms with E-state index in [1.165, 1.54) is 12.5 Å². The highest BCUT2D eigenvalue weighted by atomic mass is 19.2. The molecular weight excluding hydrogens is 350 g/mol. The molecule has 1 aliphatic carbocycles. The normalized spacial score (nSPS) is 15.4. The van der Waals surface area contributed by atoms with Gasteiger partial charge in [-0.15, -0.1) is 0 Å². The Bertz CT molecular complexity index is 984. The number of nitrogens with zero attached hydrogens (tertiary/aromatic N) is 1. The molecule has 0 radical (unpaired) electrons. The summed E-state index contributed by atoms with van der Waals surface area (Å²) in [5.74, 6) is -1.20. The number of hydrogen-bond donors (Lipinski definition) is 1. The van der Waals surface area contributed by atoms with Gasteiger partial charge in [0, 0.05) is 24.7 Å². The molecule has 1 amide bonds. The Kier molecular flexibility index (Phi) is 4.72. The summed E-state index contributed by atoms with van der Waals surface area (Å²) in [5, 5.41) is 3.11. The van der Waals surface area contributed by atoms with Crippen LogP contribution in [0.5, 0.6) is 0 Å². The van der Waals surface area contributed by atoms with Crippen LogP contribution in [0.2, 0.25) is 0 Å². The van der Waals surface area contributed by atoms with Crippen molar-refractivity contribution in [3.8, 4) is 0 Å². The first-order valence-electron chi connectivity index (χ1n) is 9.36. The van der Waals surface area contributed by atoms with E-state index in [-0.39, 0.29) is 18.5 Å². The lowest BCUT2D eigenvalue weighted by molar-refractivity contribution is 0.0919. The summed E-state index contributed by atoms with van der Waals surface area (Å²) in [6.45, 7) is 2.09. The summed E-state index contributed by atoms with van der Waals surface area (Å²) < 4.78 is 34.3. The maximum absolute atomic E-state index is 13.6.